The van der Waals surface area contributed by atoms with Crippen LogP contribution in [0.3, 0.4) is 0 Å². The summed E-state index contributed by atoms with van der Waals surface area (Å²) in [5.41, 5.74) is 2.69. The van der Waals surface area contributed by atoms with Crippen LogP contribution < -0.4 is 0 Å². The van der Waals surface area contributed by atoms with Gasteiger partial charge in [0.1, 0.15) is 5.82 Å². The molecule has 1 aliphatic heterocycles. The number of nitrogens with zero attached hydrogens (tertiary/aromatic N) is 3. The summed E-state index contributed by atoms with van der Waals surface area (Å²) in [4.78, 5) is 0. The van der Waals surface area contributed by atoms with Crippen LogP contribution in [-0.2, 0) is 18.4 Å². The number of benzene rings is 1. The smallest absolute Gasteiger partial charge is 0.164 e. The van der Waals surface area contributed by atoms with E-state index in [0.717, 1.165) is 31.0 Å². The molecule has 94 valence electrons. The number of fused-ring (bicyclic) bond motifs is 3. The Morgan fingerprint density at radius 1 is 1.11 bits per heavy atom. The second-order valence-electron chi connectivity index (χ2n) is 6.01. The first kappa shape index (κ1) is 11.5. The molecule has 1 aromatic heterocycles. The monoisotopic (exact) mass is 241 g/mol. The van der Waals surface area contributed by atoms with E-state index >= 15 is 0 Å². The molecule has 0 amide bonds. The van der Waals surface area contributed by atoms with E-state index in [1.165, 1.54) is 11.1 Å². The minimum atomic E-state index is 0.0462. The van der Waals surface area contributed by atoms with Crippen molar-refractivity contribution in [3.63, 3.8) is 0 Å². The molecular weight excluding hydrogens is 222 g/mol. The van der Waals surface area contributed by atoms with Gasteiger partial charge in [-0.15, -0.1) is 10.2 Å². The molecular formula is C15H19N3. The maximum absolute atomic E-state index is 4.44. The van der Waals surface area contributed by atoms with E-state index in [1.54, 1.807) is 0 Å². The molecule has 18 heavy (non-hydrogen) atoms. The van der Waals surface area contributed by atoms with Crippen LogP contribution >= 0.6 is 0 Å². The molecule has 0 saturated carbocycles. The highest BCUT2D eigenvalue weighted by atomic mass is 15.3. The molecule has 0 bridgehead atoms. The Bertz CT molecular complexity index is 576. The van der Waals surface area contributed by atoms with Crippen LogP contribution in [-0.4, -0.2) is 14.8 Å². The van der Waals surface area contributed by atoms with Crippen LogP contribution in [0.5, 0.6) is 0 Å². The van der Waals surface area contributed by atoms with Gasteiger partial charge in [0.25, 0.3) is 0 Å². The van der Waals surface area contributed by atoms with Crippen molar-refractivity contribution in [1.82, 2.24) is 14.8 Å². The van der Waals surface area contributed by atoms with Crippen molar-refractivity contribution in [2.45, 2.75) is 45.6 Å². The third-order valence-electron chi connectivity index (χ3n) is 3.51. The van der Waals surface area contributed by atoms with Crippen molar-refractivity contribution >= 4 is 0 Å². The predicted molar refractivity (Wildman–Crippen MR) is 72.5 cm³/mol. The van der Waals surface area contributed by atoms with Crippen molar-refractivity contribution in [3.8, 4) is 11.4 Å². The fraction of sp³-hybridized carbons (Fsp3) is 0.467. The molecule has 3 heteroatoms. The molecule has 2 aromatic rings. The zero-order valence-corrected chi connectivity index (χ0v) is 11.3. The Morgan fingerprint density at radius 2 is 1.89 bits per heavy atom. The first-order chi connectivity index (χ1) is 8.57. The van der Waals surface area contributed by atoms with Gasteiger partial charge in [0, 0.05) is 17.5 Å². The van der Waals surface area contributed by atoms with E-state index in [9.17, 15) is 0 Å². The molecule has 3 nitrogen and oxygen atoms in total. The van der Waals surface area contributed by atoms with Crippen LogP contribution in [0.4, 0.5) is 0 Å². The quantitative estimate of drug-likeness (QED) is 0.709. The number of hydrogen-bond donors (Lipinski definition) is 0. The summed E-state index contributed by atoms with van der Waals surface area (Å²) in [7, 11) is 0. The van der Waals surface area contributed by atoms with Crippen LogP contribution in [0, 0.1) is 0 Å². The van der Waals surface area contributed by atoms with Gasteiger partial charge in [0.2, 0.25) is 0 Å². The standard InChI is InChI=1S/C15H19N3/c1-15(2,3)14-17-16-13-12-9-5-4-7-11(12)8-6-10-18(13)14/h4-5,7,9H,6,8,10H2,1-3H3. The fourth-order valence-corrected chi connectivity index (χ4v) is 2.65. The normalized spacial score (nSPS) is 14.8. The van der Waals surface area contributed by atoms with Crippen LogP contribution in [0.25, 0.3) is 11.4 Å². The lowest BCUT2D eigenvalue weighted by molar-refractivity contribution is 0.493. The maximum atomic E-state index is 4.44. The molecule has 1 aliphatic rings. The summed E-state index contributed by atoms with van der Waals surface area (Å²) >= 11 is 0. The van der Waals surface area contributed by atoms with E-state index in [0.29, 0.717) is 0 Å². The van der Waals surface area contributed by atoms with Gasteiger partial charge in [-0.1, -0.05) is 45.0 Å². The highest BCUT2D eigenvalue weighted by Gasteiger charge is 2.26. The summed E-state index contributed by atoms with van der Waals surface area (Å²) in [6, 6.07) is 8.56. The molecule has 0 aliphatic carbocycles. The molecule has 0 fully saturated rings. The third-order valence-corrected chi connectivity index (χ3v) is 3.51. The summed E-state index contributed by atoms with van der Waals surface area (Å²) < 4.78 is 2.30. The second-order valence-corrected chi connectivity index (χ2v) is 6.01. The topological polar surface area (TPSA) is 30.7 Å². The number of hydrogen-bond acceptors (Lipinski definition) is 2. The SMILES string of the molecule is CC(C)(C)c1nnc2n1CCCc1ccccc1-2. The first-order valence-corrected chi connectivity index (χ1v) is 6.59. The van der Waals surface area contributed by atoms with Gasteiger partial charge in [-0.05, 0) is 18.4 Å². The molecule has 0 radical (unpaired) electrons. The lowest BCUT2D eigenvalue weighted by Crippen LogP contribution is -2.19. The third kappa shape index (κ3) is 1.74. The van der Waals surface area contributed by atoms with E-state index in [-0.39, 0.29) is 5.41 Å². The van der Waals surface area contributed by atoms with Crippen molar-refractivity contribution in [3.05, 3.63) is 35.7 Å². The molecule has 1 aromatic carbocycles. The van der Waals surface area contributed by atoms with Crippen molar-refractivity contribution in [1.29, 1.82) is 0 Å². The molecule has 0 unspecified atom stereocenters. The summed E-state index contributed by atoms with van der Waals surface area (Å²) in [5, 5.41) is 8.86. The fourth-order valence-electron chi connectivity index (χ4n) is 2.65. The Labute approximate surface area is 108 Å². The summed E-state index contributed by atoms with van der Waals surface area (Å²) in [6.07, 6.45) is 2.29. The molecule has 0 saturated heterocycles. The van der Waals surface area contributed by atoms with Crippen molar-refractivity contribution < 1.29 is 0 Å². The Hall–Kier alpha value is -1.64. The predicted octanol–water partition coefficient (Wildman–Crippen LogP) is 3.19. The highest BCUT2D eigenvalue weighted by Crippen LogP contribution is 2.31. The highest BCUT2D eigenvalue weighted by molar-refractivity contribution is 5.61. The van der Waals surface area contributed by atoms with Crippen LogP contribution in [0.1, 0.15) is 38.6 Å². The van der Waals surface area contributed by atoms with Gasteiger partial charge in [0.15, 0.2) is 5.82 Å². The minimum Gasteiger partial charge on any atom is -0.311 e. The molecule has 2 heterocycles. The number of aryl methyl sites for hydroxylation is 1. The van der Waals surface area contributed by atoms with E-state index in [4.69, 9.17) is 0 Å². The van der Waals surface area contributed by atoms with Gasteiger partial charge < -0.3 is 4.57 Å². The molecule has 0 N–H and O–H groups in total. The molecule has 0 spiro atoms. The van der Waals surface area contributed by atoms with Crippen molar-refractivity contribution in [2.75, 3.05) is 0 Å². The second kappa shape index (κ2) is 3.94. The molecule has 0 atom stereocenters. The number of aromatic nitrogens is 3. The zero-order chi connectivity index (χ0) is 12.8. The Kier molecular flexibility index (Phi) is 2.51. The lowest BCUT2D eigenvalue weighted by Gasteiger charge is -2.18. The lowest BCUT2D eigenvalue weighted by atomic mass is 9.95. The van der Waals surface area contributed by atoms with E-state index in [1.807, 2.05) is 0 Å². The number of rotatable bonds is 0. The Balaban J connectivity index is 2.21. The summed E-state index contributed by atoms with van der Waals surface area (Å²) in [5.74, 6) is 2.13. The van der Waals surface area contributed by atoms with Crippen molar-refractivity contribution in [2.24, 2.45) is 0 Å². The van der Waals surface area contributed by atoms with Gasteiger partial charge in [-0.3, -0.25) is 0 Å². The minimum absolute atomic E-state index is 0.0462. The maximum Gasteiger partial charge on any atom is 0.164 e. The average molecular weight is 241 g/mol. The average Bonchev–Trinajstić information content (AvgIpc) is 2.66. The van der Waals surface area contributed by atoms with E-state index in [2.05, 4.69) is 59.8 Å². The van der Waals surface area contributed by atoms with Crippen LogP contribution in [0.15, 0.2) is 24.3 Å². The molecule has 3 rings (SSSR count). The van der Waals surface area contributed by atoms with E-state index < -0.39 is 0 Å². The summed E-state index contributed by atoms with van der Waals surface area (Å²) in [6.45, 7) is 7.60. The van der Waals surface area contributed by atoms with Crippen LogP contribution in [0.2, 0.25) is 0 Å². The zero-order valence-electron chi connectivity index (χ0n) is 11.3. The largest absolute Gasteiger partial charge is 0.311 e. The van der Waals surface area contributed by atoms with Gasteiger partial charge in [-0.25, -0.2) is 0 Å². The van der Waals surface area contributed by atoms with Gasteiger partial charge in [0.05, 0.1) is 0 Å². The Morgan fingerprint density at radius 3 is 2.67 bits per heavy atom. The van der Waals surface area contributed by atoms with Gasteiger partial charge >= 0.3 is 0 Å². The first-order valence-electron chi connectivity index (χ1n) is 6.59. The van der Waals surface area contributed by atoms with Gasteiger partial charge in [-0.2, -0.15) is 0 Å².